The van der Waals surface area contributed by atoms with Gasteiger partial charge in [0, 0.05) is 5.56 Å². The molecule has 0 aliphatic heterocycles. The van der Waals surface area contributed by atoms with E-state index in [4.69, 9.17) is 0 Å². The Bertz CT molecular complexity index is 653. The highest BCUT2D eigenvalue weighted by Crippen LogP contribution is 2.50. The van der Waals surface area contributed by atoms with E-state index < -0.39 is 5.54 Å². The van der Waals surface area contributed by atoms with Crippen LogP contribution in [0.4, 0.5) is 0 Å². The Morgan fingerprint density at radius 3 is 2.61 bits per heavy atom. The molecule has 0 saturated heterocycles. The maximum atomic E-state index is 10.7. The SMILES string of the molecule is O=C=NC1(c2c(O)ccc3ccccc23)CCC1. The molecule has 3 nitrogen and oxygen atoms in total. The van der Waals surface area contributed by atoms with Crippen LogP contribution in [-0.2, 0) is 10.3 Å². The van der Waals surface area contributed by atoms with Gasteiger partial charge in [0.2, 0.25) is 6.08 Å². The van der Waals surface area contributed by atoms with Gasteiger partial charge in [-0.15, -0.1) is 0 Å². The van der Waals surface area contributed by atoms with Crippen molar-refractivity contribution < 1.29 is 9.90 Å². The summed E-state index contributed by atoms with van der Waals surface area (Å²) in [5, 5.41) is 12.2. The summed E-state index contributed by atoms with van der Waals surface area (Å²) in [5.74, 6) is 0.215. The minimum absolute atomic E-state index is 0.215. The van der Waals surface area contributed by atoms with Gasteiger partial charge in [-0.1, -0.05) is 30.3 Å². The van der Waals surface area contributed by atoms with Crippen LogP contribution in [0, 0.1) is 0 Å². The van der Waals surface area contributed by atoms with Crippen LogP contribution in [0.15, 0.2) is 41.4 Å². The van der Waals surface area contributed by atoms with E-state index in [0.29, 0.717) is 0 Å². The van der Waals surface area contributed by atoms with E-state index >= 15 is 0 Å². The highest BCUT2D eigenvalue weighted by molar-refractivity contribution is 5.89. The van der Waals surface area contributed by atoms with Gasteiger partial charge in [0.15, 0.2) is 0 Å². The van der Waals surface area contributed by atoms with Gasteiger partial charge < -0.3 is 5.11 Å². The molecule has 1 fully saturated rings. The third-order valence-electron chi connectivity index (χ3n) is 3.81. The third-order valence-corrected chi connectivity index (χ3v) is 3.81. The molecule has 1 aliphatic rings. The Balaban J connectivity index is 2.33. The maximum Gasteiger partial charge on any atom is 0.235 e. The lowest BCUT2D eigenvalue weighted by atomic mass is 9.70. The average Bonchev–Trinajstić information content (AvgIpc) is 2.35. The summed E-state index contributed by atoms with van der Waals surface area (Å²) in [6, 6.07) is 11.4. The van der Waals surface area contributed by atoms with Crippen LogP contribution in [0.25, 0.3) is 10.8 Å². The molecular formula is C15H13NO2. The molecule has 0 bridgehead atoms. The number of hydrogen-bond acceptors (Lipinski definition) is 3. The monoisotopic (exact) mass is 239 g/mol. The van der Waals surface area contributed by atoms with Gasteiger partial charge >= 0.3 is 0 Å². The van der Waals surface area contributed by atoms with E-state index in [9.17, 15) is 9.90 Å². The fourth-order valence-electron chi connectivity index (χ4n) is 2.77. The molecule has 1 saturated carbocycles. The largest absolute Gasteiger partial charge is 0.508 e. The van der Waals surface area contributed by atoms with Crippen molar-refractivity contribution in [2.45, 2.75) is 24.8 Å². The number of phenols is 1. The summed E-state index contributed by atoms with van der Waals surface area (Å²) in [5.41, 5.74) is 0.211. The van der Waals surface area contributed by atoms with Crippen molar-refractivity contribution in [2.24, 2.45) is 4.99 Å². The number of hydrogen-bond donors (Lipinski definition) is 1. The summed E-state index contributed by atoms with van der Waals surface area (Å²) in [6.45, 7) is 0. The normalized spacial score (nSPS) is 16.9. The summed E-state index contributed by atoms with van der Waals surface area (Å²) >= 11 is 0. The molecule has 0 atom stereocenters. The average molecular weight is 239 g/mol. The van der Waals surface area contributed by atoms with Crippen LogP contribution in [0.5, 0.6) is 5.75 Å². The Hall–Kier alpha value is -2.12. The molecule has 0 aromatic heterocycles. The quantitative estimate of drug-likeness (QED) is 0.646. The van der Waals surface area contributed by atoms with E-state index in [1.54, 1.807) is 12.1 Å². The summed E-state index contributed by atoms with van der Waals surface area (Å²) in [4.78, 5) is 14.6. The van der Waals surface area contributed by atoms with Crippen LogP contribution in [0.3, 0.4) is 0 Å². The molecule has 1 aliphatic carbocycles. The molecule has 0 heterocycles. The number of isocyanates is 1. The molecular weight excluding hydrogens is 226 g/mol. The van der Waals surface area contributed by atoms with E-state index in [0.717, 1.165) is 35.6 Å². The molecule has 2 aromatic carbocycles. The summed E-state index contributed by atoms with van der Waals surface area (Å²) < 4.78 is 0. The van der Waals surface area contributed by atoms with Gasteiger partial charge in [-0.05, 0) is 36.1 Å². The first-order valence-electron chi connectivity index (χ1n) is 6.07. The lowest BCUT2D eigenvalue weighted by molar-refractivity contribution is 0.250. The number of aromatic hydroxyl groups is 1. The van der Waals surface area contributed by atoms with Gasteiger partial charge in [0.05, 0.1) is 0 Å². The fourth-order valence-corrected chi connectivity index (χ4v) is 2.77. The highest BCUT2D eigenvalue weighted by Gasteiger charge is 2.41. The molecule has 3 rings (SSSR count). The molecule has 2 aromatic rings. The lowest BCUT2D eigenvalue weighted by Crippen LogP contribution is -2.32. The second-order valence-corrected chi connectivity index (χ2v) is 4.77. The van der Waals surface area contributed by atoms with Crippen LogP contribution in [-0.4, -0.2) is 11.2 Å². The highest BCUT2D eigenvalue weighted by atomic mass is 16.3. The molecule has 3 heteroatoms. The first kappa shape index (κ1) is 11.0. The van der Waals surface area contributed by atoms with Crippen LogP contribution < -0.4 is 0 Å². The van der Waals surface area contributed by atoms with Gasteiger partial charge in [0.25, 0.3) is 0 Å². The zero-order valence-electron chi connectivity index (χ0n) is 9.89. The van der Waals surface area contributed by atoms with E-state index in [-0.39, 0.29) is 5.75 Å². The first-order valence-corrected chi connectivity index (χ1v) is 6.07. The lowest BCUT2D eigenvalue weighted by Gasteiger charge is -2.38. The zero-order valence-corrected chi connectivity index (χ0v) is 9.89. The number of benzene rings is 2. The number of carbonyl (C=O) groups excluding carboxylic acids is 1. The molecule has 0 amide bonds. The molecule has 1 N–H and O–H groups in total. The molecule has 0 radical (unpaired) electrons. The van der Waals surface area contributed by atoms with Gasteiger partial charge in [0.1, 0.15) is 11.3 Å². The van der Waals surface area contributed by atoms with Gasteiger partial charge in [-0.2, -0.15) is 4.99 Å². The Kier molecular flexibility index (Phi) is 2.42. The van der Waals surface area contributed by atoms with Crippen LogP contribution in [0.1, 0.15) is 24.8 Å². The number of aliphatic imine (C=N–C) groups is 1. The zero-order chi connectivity index (χ0) is 12.6. The standard InChI is InChI=1S/C15H13NO2/c17-10-16-15(8-3-9-15)14-12-5-2-1-4-11(12)6-7-13(14)18/h1-2,4-7,18H,3,8-9H2. The van der Waals surface area contributed by atoms with E-state index in [1.807, 2.05) is 30.3 Å². The van der Waals surface area contributed by atoms with E-state index in [1.165, 1.54) is 0 Å². The third kappa shape index (κ3) is 1.45. The van der Waals surface area contributed by atoms with Gasteiger partial charge in [-0.3, -0.25) is 0 Å². The smallest absolute Gasteiger partial charge is 0.235 e. The van der Waals surface area contributed by atoms with Crippen molar-refractivity contribution in [1.82, 2.24) is 0 Å². The molecule has 90 valence electrons. The van der Waals surface area contributed by atoms with Crippen molar-refractivity contribution >= 4 is 16.9 Å². The summed E-state index contributed by atoms with van der Waals surface area (Å²) in [7, 11) is 0. The molecule has 0 unspecified atom stereocenters. The first-order chi connectivity index (χ1) is 8.77. The Morgan fingerprint density at radius 2 is 1.94 bits per heavy atom. The van der Waals surface area contributed by atoms with Crippen molar-refractivity contribution in [3.05, 3.63) is 42.0 Å². The Labute approximate surface area is 105 Å². The number of phenolic OH excluding ortho intramolecular Hbond substituents is 1. The van der Waals surface area contributed by atoms with Crippen molar-refractivity contribution in [1.29, 1.82) is 0 Å². The van der Waals surface area contributed by atoms with Crippen LogP contribution >= 0.6 is 0 Å². The van der Waals surface area contributed by atoms with Crippen LogP contribution in [0.2, 0.25) is 0 Å². The Morgan fingerprint density at radius 1 is 1.17 bits per heavy atom. The maximum absolute atomic E-state index is 10.7. The predicted octanol–water partition coefficient (Wildman–Crippen LogP) is 3.26. The minimum Gasteiger partial charge on any atom is -0.508 e. The molecule has 18 heavy (non-hydrogen) atoms. The number of fused-ring (bicyclic) bond motifs is 1. The number of nitrogens with zero attached hydrogens (tertiary/aromatic N) is 1. The van der Waals surface area contributed by atoms with Crippen molar-refractivity contribution in [2.75, 3.05) is 0 Å². The predicted molar refractivity (Wildman–Crippen MR) is 69.3 cm³/mol. The van der Waals surface area contributed by atoms with Crippen molar-refractivity contribution in [3.8, 4) is 5.75 Å². The minimum atomic E-state index is -0.563. The topological polar surface area (TPSA) is 49.7 Å². The second-order valence-electron chi connectivity index (χ2n) is 4.77. The second kappa shape index (κ2) is 3.97. The molecule has 0 spiro atoms. The van der Waals surface area contributed by atoms with Gasteiger partial charge in [-0.25, -0.2) is 4.79 Å². The van der Waals surface area contributed by atoms with E-state index in [2.05, 4.69) is 4.99 Å². The fraction of sp³-hybridized carbons (Fsp3) is 0.267. The number of rotatable bonds is 2. The summed E-state index contributed by atoms with van der Waals surface area (Å²) in [6.07, 6.45) is 4.28. The van der Waals surface area contributed by atoms with Crippen molar-refractivity contribution in [3.63, 3.8) is 0 Å².